The molecule has 3 heterocycles. The molecule has 27 heavy (non-hydrogen) atoms. The van der Waals surface area contributed by atoms with E-state index in [0.29, 0.717) is 18.1 Å². The molecule has 0 aliphatic carbocycles. The minimum Gasteiger partial charge on any atom is -0.454 e. The molecule has 4 rings (SSSR count). The zero-order valence-corrected chi connectivity index (χ0v) is 15.7. The van der Waals surface area contributed by atoms with E-state index in [-0.39, 0.29) is 6.79 Å². The standard InChI is InChI=1S/C19H20ClN5O2/c1-2-21-19(22-8-13-3-5-16-17(7-13)27-12-26-16)23-9-15-11-25-10-14(20)4-6-18(25)24-15/h3-7,10-11H,2,8-9,12H2,1H3,(H2,21,22,23). The maximum absolute atomic E-state index is 6.02. The van der Waals surface area contributed by atoms with Crippen LogP contribution in [0.3, 0.4) is 0 Å². The Morgan fingerprint density at radius 2 is 2.07 bits per heavy atom. The van der Waals surface area contributed by atoms with Crippen LogP contribution in [-0.2, 0) is 13.1 Å². The number of guanidine groups is 1. The number of ether oxygens (including phenoxy) is 2. The number of nitrogens with zero attached hydrogens (tertiary/aromatic N) is 3. The average molecular weight is 386 g/mol. The van der Waals surface area contributed by atoms with E-state index >= 15 is 0 Å². The van der Waals surface area contributed by atoms with Gasteiger partial charge in [0.15, 0.2) is 17.5 Å². The van der Waals surface area contributed by atoms with Gasteiger partial charge in [-0.25, -0.2) is 9.98 Å². The molecule has 3 aromatic rings. The van der Waals surface area contributed by atoms with Gasteiger partial charge in [-0.3, -0.25) is 0 Å². The van der Waals surface area contributed by atoms with Crippen molar-refractivity contribution in [2.24, 2.45) is 4.99 Å². The van der Waals surface area contributed by atoms with E-state index in [1.54, 1.807) is 0 Å². The Bertz CT molecular complexity index is 985. The minimum atomic E-state index is 0.274. The number of pyridine rings is 1. The van der Waals surface area contributed by atoms with Gasteiger partial charge in [-0.2, -0.15) is 0 Å². The van der Waals surface area contributed by atoms with Gasteiger partial charge in [-0.15, -0.1) is 0 Å². The number of imidazole rings is 1. The molecule has 2 aromatic heterocycles. The summed E-state index contributed by atoms with van der Waals surface area (Å²) in [4.78, 5) is 9.21. The highest BCUT2D eigenvalue weighted by Gasteiger charge is 2.13. The van der Waals surface area contributed by atoms with Crippen LogP contribution in [0.25, 0.3) is 5.65 Å². The van der Waals surface area contributed by atoms with Crippen molar-refractivity contribution < 1.29 is 9.47 Å². The van der Waals surface area contributed by atoms with Gasteiger partial charge in [0.2, 0.25) is 6.79 Å². The monoisotopic (exact) mass is 385 g/mol. The summed E-state index contributed by atoms with van der Waals surface area (Å²) in [5.74, 6) is 2.27. The number of benzene rings is 1. The quantitative estimate of drug-likeness (QED) is 0.522. The Kier molecular flexibility index (Phi) is 5.02. The largest absolute Gasteiger partial charge is 0.454 e. The molecule has 0 radical (unpaired) electrons. The molecule has 0 spiro atoms. The Hall–Kier alpha value is -2.93. The summed E-state index contributed by atoms with van der Waals surface area (Å²) in [6.45, 7) is 4.17. The van der Waals surface area contributed by atoms with Crippen molar-refractivity contribution in [2.75, 3.05) is 13.3 Å². The molecular formula is C19H20ClN5O2. The van der Waals surface area contributed by atoms with Gasteiger partial charge < -0.3 is 24.5 Å². The Labute approximate surface area is 162 Å². The third kappa shape index (κ3) is 4.09. The van der Waals surface area contributed by atoms with Crippen molar-refractivity contribution in [1.29, 1.82) is 0 Å². The molecule has 0 unspecified atom stereocenters. The fourth-order valence-corrected chi connectivity index (χ4v) is 3.00. The van der Waals surface area contributed by atoms with Crippen molar-refractivity contribution in [3.05, 3.63) is 59.0 Å². The minimum absolute atomic E-state index is 0.274. The van der Waals surface area contributed by atoms with Gasteiger partial charge in [0.1, 0.15) is 5.65 Å². The molecule has 0 atom stereocenters. The van der Waals surface area contributed by atoms with Crippen LogP contribution in [0.4, 0.5) is 0 Å². The number of hydrogen-bond acceptors (Lipinski definition) is 4. The van der Waals surface area contributed by atoms with Gasteiger partial charge in [-0.05, 0) is 36.8 Å². The smallest absolute Gasteiger partial charge is 0.231 e. The second-order valence-electron chi connectivity index (χ2n) is 6.08. The Morgan fingerprint density at radius 3 is 2.96 bits per heavy atom. The van der Waals surface area contributed by atoms with Crippen molar-refractivity contribution in [3.8, 4) is 11.5 Å². The number of halogens is 1. The van der Waals surface area contributed by atoms with Crippen molar-refractivity contribution in [2.45, 2.75) is 20.0 Å². The fourth-order valence-electron chi connectivity index (χ4n) is 2.83. The SMILES string of the molecule is CCNC(=NCc1ccc2c(c1)OCO2)NCc1cn2cc(Cl)ccc2n1. The summed E-state index contributed by atoms with van der Waals surface area (Å²) < 4.78 is 12.7. The molecule has 1 aliphatic rings. The highest BCUT2D eigenvalue weighted by Crippen LogP contribution is 2.32. The molecule has 0 amide bonds. The second kappa shape index (κ2) is 7.75. The van der Waals surface area contributed by atoms with Crippen LogP contribution in [0.5, 0.6) is 11.5 Å². The van der Waals surface area contributed by atoms with Crippen LogP contribution in [0.1, 0.15) is 18.2 Å². The van der Waals surface area contributed by atoms with Gasteiger partial charge in [0, 0.05) is 18.9 Å². The van der Waals surface area contributed by atoms with E-state index < -0.39 is 0 Å². The molecule has 1 aromatic carbocycles. The molecule has 8 heteroatoms. The third-order valence-corrected chi connectivity index (χ3v) is 4.33. The van der Waals surface area contributed by atoms with Gasteiger partial charge in [-0.1, -0.05) is 17.7 Å². The summed E-state index contributed by atoms with van der Waals surface area (Å²) in [7, 11) is 0. The lowest BCUT2D eigenvalue weighted by Crippen LogP contribution is -2.36. The van der Waals surface area contributed by atoms with Crippen LogP contribution in [0, 0.1) is 0 Å². The first kappa shape index (κ1) is 17.5. The first-order valence-corrected chi connectivity index (χ1v) is 9.13. The zero-order chi connectivity index (χ0) is 18.6. The van der Waals surface area contributed by atoms with E-state index in [9.17, 15) is 0 Å². The molecule has 7 nitrogen and oxygen atoms in total. The number of rotatable bonds is 5. The summed E-state index contributed by atoms with van der Waals surface area (Å²) in [5.41, 5.74) is 2.82. The van der Waals surface area contributed by atoms with Gasteiger partial charge in [0.05, 0.1) is 23.8 Å². The summed E-state index contributed by atoms with van der Waals surface area (Å²) in [6.07, 6.45) is 3.79. The van der Waals surface area contributed by atoms with Crippen molar-refractivity contribution in [1.82, 2.24) is 20.0 Å². The fraction of sp³-hybridized carbons (Fsp3) is 0.263. The maximum atomic E-state index is 6.02. The summed E-state index contributed by atoms with van der Waals surface area (Å²) in [5, 5.41) is 7.23. The Balaban J connectivity index is 1.42. The van der Waals surface area contributed by atoms with Crippen LogP contribution < -0.4 is 20.1 Å². The predicted octanol–water partition coefficient (Wildman–Crippen LogP) is 2.97. The summed E-state index contributed by atoms with van der Waals surface area (Å²) in [6, 6.07) is 9.59. The first-order chi connectivity index (χ1) is 13.2. The molecule has 0 bridgehead atoms. The molecular weight excluding hydrogens is 366 g/mol. The van der Waals surface area contributed by atoms with Gasteiger partial charge in [0.25, 0.3) is 0 Å². The Morgan fingerprint density at radius 1 is 1.19 bits per heavy atom. The molecule has 0 saturated heterocycles. The van der Waals surface area contributed by atoms with E-state index in [4.69, 9.17) is 21.1 Å². The van der Waals surface area contributed by atoms with E-state index in [1.165, 1.54) is 0 Å². The second-order valence-corrected chi connectivity index (χ2v) is 6.52. The van der Waals surface area contributed by atoms with Crippen molar-refractivity contribution >= 4 is 23.2 Å². The number of aromatic nitrogens is 2. The normalized spacial score (nSPS) is 13.2. The van der Waals surface area contributed by atoms with Crippen LogP contribution in [0.15, 0.2) is 47.7 Å². The van der Waals surface area contributed by atoms with E-state index in [2.05, 4.69) is 20.6 Å². The predicted molar refractivity (Wildman–Crippen MR) is 104 cm³/mol. The van der Waals surface area contributed by atoms with Crippen LogP contribution >= 0.6 is 11.6 Å². The highest BCUT2D eigenvalue weighted by molar-refractivity contribution is 6.30. The van der Waals surface area contributed by atoms with Crippen LogP contribution in [0.2, 0.25) is 5.02 Å². The maximum Gasteiger partial charge on any atom is 0.231 e. The summed E-state index contributed by atoms with van der Waals surface area (Å²) >= 11 is 6.02. The van der Waals surface area contributed by atoms with E-state index in [0.717, 1.165) is 40.9 Å². The third-order valence-electron chi connectivity index (χ3n) is 4.10. The molecule has 2 N–H and O–H groups in total. The van der Waals surface area contributed by atoms with Crippen molar-refractivity contribution in [3.63, 3.8) is 0 Å². The van der Waals surface area contributed by atoms with E-state index in [1.807, 2.05) is 54.0 Å². The lowest BCUT2D eigenvalue weighted by molar-refractivity contribution is 0.174. The first-order valence-electron chi connectivity index (χ1n) is 8.75. The van der Waals surface area contributed by atoms with Crippen LogP contribution in [-0.4, -0.2) is 28.7 Å². The number of nitrogens with one attached hydrogen (secondary N) is 2. The molecule has 0 fully saturated rings. The number of hydrogen-bond donors (Lipinski definition) is 2. The molecule has 0 saturated carbocycles. The number of fused-ring (bicyclic) bond motifs is 2. The lowest BCUT2D eigenvalue weighted by atomic mass is 10.2. The molecule has 1 aliphatic heterocycles. The molecule has 140 valence electrons. The topological polar surface area (TPSA) is 72.2 Å². The highest BCUT2D eigenvalue weighted by atomic mass is 35.5. The average Bonchev–Trinajstić information content (AvgIpc) is 3.29. The number of aliphatic imine (C=N–C) groups is 1. The zero-order valence-electron chi connectivity index (χ0n) is 14.9. The lowest BCUT2D eigenvalue weighted by Gasteiger charge is -2.10. The van der Waals surface area contributed by atoms with Gasteiger partial charge >= 0.3 is 0 Å².